The highest BCUT2D eigenvalue weighted by Gasteiger charge is 2.14. The normalized spacial score (nSPS) is 11.5. The number of hydrazone groups is 1. The standard InChI is InChI=1S/C24H23N3O3/c1-5-19(13-21-17(3)8-9-25-21)14-26-27-23(28)15-30-24-18(4)11-16(2)12-20(24)22-7-6-10-29-22/h1,6-14,25H,15H2,2-4H3,(H,27,28). The van der Waals surface area contributed by atoms with E-state index in [0.29, 0.717) is 17.1 Å². The van der Waals surface area contributed by atoms with Crippen molar-refractivity contribution < 1.29 is 13.9 Å². The maximum absolute atomic E-state index is 12.2. The number of aromatic nitrogens is 1. The van der Waals surface area contributed by atoms with Crippen LogP contribution in [-0.2, 0) is 4.79 Å². The number of hydrogen-bond acceptors (Lipinski definition) is 4. The molecule has 0 aliphatic heterocycles. The van der Waals surface area contributed by atoms with E-state index in [2.05, 4.69) is 21.4 Å². The summed E-state index contributed by atoms with van der Waals surface area (Å²) in [5.41, 5.74) is 7.70. The second kappa shape index (κ2) is 9.48. The lowest BCUT2D eigenvalue weighted by molar-refractivity contribution is -0.123. The Kier molecular flexibility index (Phi) is 6.56. The molecule has 0 saturated carbocycles. The fraction of sp³-hybridized carbons (Fsp3) is 0.167. The van der Waals surface area contributed by atoms with Gasteiger partial charge in [-0.05, 0) is 67.8 Å². The zero-order valence-corrected chi connectivity index (χ0v) is 17.2. The maximum atomic E-state index is 12.2. The number of hydrogen-bond donors (Lipinski definition) is 2. The first-order valence-electron chi connectivity index (χ1n) is 9.40. The lowest BCUT2D eigenvalue weighted by Crippen LogP contribution is -2.25. The SMILES string of the molecule is C#CC(C=NNC(=O)COc1c(C)cc(C)cc1-c1ccco1)=Cc1[nH]ccc1C. The van der Waals surface area contributed by atoms with Gasteiger partial charge in [0.05, 0.1) is 18.0 Å². The van der Waals surface area contributed by atoms with Gasteiger partial charge < -0.3 is 14.1 Å². The smallest absolute Gasteiger partial charge is 0.277 e. The number of benzene rings is 1. The van der Waals surface area contributed by atoms with Crippen molar-refractivity contribution in [1.29, 1.82) is 0 Å². The third kappa shape index (κ3) is 5.09. The summed E-state index contributed by atoms with van der Waals surface area (Å²) in [7, 11) is 0. The molecule has 0 aliphatic rings. The maximum Gasteiger partial charge on any atom is 0.277 e. The number of aromatic amines is 1. The molecule has 0 unspecified atom stereocenters. The summed E-state index contributed by atoms with van der Waals surface area (Å²) < 4.78 is 11.3. The van der Waals surface area contributed by atoms with E-state index in [9.17, 15) is 4.79 Å². The third-order valence-electron chi connectivity index (χ3n) is 4.41. The zero-order valence-electron chi connectivity index (χ0n) is 17.2. The van der Waals surface area contributed by atoms with E-state index < -0.39 is 5.91 Å². The molecule has 2 aromatic heterocycles. The summed E-state index contributed by atoms with van der Waals surface area (Å²) in [5.74, 6) is 3.41. The molecule has 0 saturated heterocycles. The van der Waals surface area contributed by atoms with Crippen LogP contribution in [0.3, 0.4) is 0 Å². The van der Waals surface area contributed by atoms with Crippen molar-refractivity contribution in [3.8, 4) is 29.4 Å². The molecule has 2 N–H and O–H groups in total. The van der Waals surface area contributed by atoms with Crippen molar-refractivity contribution in [3.63, 3.8) is 0 Å². The van der Waals surface area contributed by atoms with Gasteiger partial charge in [0.1, 0.15) is 11.5 Å². The number of nitrogens with one attached hydrogen (secondary N) is 2. The fourth-order valence-electron chi connectivity index (χ4n) is 2.99. The molecule has 0 atom stereocenters. The number of ether oxygens (including phenoxy) is 1. The molecule has 30 heavy (non-hydrogen) atoms. The molecule has 1 amide bonds. The molecular formula is C24H23N3O3. The fourth-order valence-corrected chi connectivity index (χ4v) is 2.99. The summed E-state index contributed by atoms with van der Waals surface area (Å²) in [5, 5.41) is 3.93. The zero-order chi connectivity index (χ0) is 21.5. The number of furan rings is 1. The minimum atomic E-state index is -0.399. The predicted molar refractivity (Wildman–Crippen MR) is 118 cm³/mol. The summed E-state index contributed by atoms with van der Waals surface area (Å²) in [6.45, 7) is 5.70. The Hall–Kier alpha value is -3.98. The lowest BCUT2D eigenvalue weighted by Gasteiger charge is -2.13. The number of allylic oxidation sites excluding steroid dienone is 1. The minimum absolute atomic E-state index is 0.195. The second-order valence-electron chi connectivity index (χ2n) is 6.84. The van der Waals surface area contributed by atoms with Crippen molar-refractivity contribution in [2.75, 3.05) is 6.61 Å². The average molecular weight is 401 g/mol. The number of carbonyl (C=O) groups excluding carboxylic acids is 1. The molecule has 0 spiro atoms. The molecule has 2 heterocycles. The Morgan fingerprint density at radius 3 is 2.80 bits per heavy atom. The van der Waals surface area contributed by atoms with E-state index in [1.54, 1.807) is 12.3 Å². The van der Waals surface area contributed by atoms with E-state index in [1.807, 2.05) is 57.3 Å². The van der Waals surface area contributed by atoms with Gasteiger partial charge in [0.15, 0.2) is 6.61 Å². The summed E-state index contributed by atoms with van der Waals surface area (Å²) in [6.07, 6.45) is 12.1. The molecule has 6 nitrogen and oxygen atoms in total. The quantitative estimate of drug-likeness (QED) is 0.350. The number of H-pyrrole nitrogens is 1. The summed E-state index contributed by atoms with van der Waals surface area (Å²) >= 11 is 0. The van der Waals surface area contributed by atoms with Gasteiger partial charge >= 0.3 is 0 Å². The number of nitrogens with zero attached hydrogens (tertiary/aromatic N) is 1. The van der Waals surface area contributed by atoms with E-state index in [-0.39, 0.29) is 6.61 Å². The predicted octanol–water partition coefficient (Wildman–Crippen LogP) is 4.40. The summed E-state index contributed by atoms with van der Waals surface area (Å²) in [6, 6.07) is 9.56. The van der Waals surface area contributed by atoms with E-state index in [4.69, 9.17) is 15.6 Å². The van der Waals surface area contributed by atoms with Crippen LogP contribution in [-0.4, -0.2) is 23.7 Å². The molecule has 3 rings (SSSR count). The molecule has 6 heteroatoms. The van der Waals surface area contributed by atoms with Gasteiger partial charge in [-0.25, -0.2) is 5.43 Å². The average Bonchev–Trinajstić information content (AvgIpc) is 3.38. The van der Waals surface area contributed by atoms with Crippen LogP contribution in [0.4, 0.5) is 0 Å². The molecule has 0 bridgehead atoms. The van der Waals surface area contributed by atoms with E-state index in [0.717, 1.165) is 27.9 Å². The Morgan fingerprint density at radius 1 is 1.30 bits per heavy atom. The van der Waals surface area contributed by atoms with Crippen LogP contribution in [0.1, 0.15) is 22.4 Å². The molecule has 1 aromatic carbocycles. The third-order valence-corrected chi connectivity index (χ3v) is 4.41. The first-order chi connectivity index (χ1) is 14.5. The molecular weight excluding hydrogens is 378 g/mol. The number of amides is 1. The Labute approximate surface area is 175 Å². The number of terminal acetylenes is 1. The van der Waals surface area contributed by atoms with E-state index >= 15 is 0 Å². The van der Waals surface area contributed by atoms with Crippen molar-refractivity contribution in [2.24, 2.45) is 5.10 Å². The van der Waals surface area contributed by atoms with Crippen LogP contribution in [0, 0.1) is 33.1 Å². The minimum Gasteiger partial charge on any atom is -0.483 e. The molecule has 0 radical (unpaired) electrons. The largest absolute Gasteiger partial charge is 0.483 e. The van der Waals surface area contributed by atoms with Gasteiger partial charge in [0, 0.05) is 17.5 Å². The highest BCUT2D eigenvalue weighted by atomic mass is 16.5. The van der Waals surface area contributed by atoms with Gasteiger partial charge in [0.2, 0.25) is 0 Å². The van der Waals surface area contributed by atoms with Crippen molar-refractivity contribution in [2.45, 2.75) is 20.8 Å². The Bertz CT molecular complexity index is 1130. The lowest BCUT2D eigenvalue weighted by atomic mass is 10.0. The highest BCUT2D eigenvalue weighted by Crippen LogP contribution is 2.34. The van der Waals surface area contributed by atoms with Crippen LogP contribution >= 0.6 is 0 Å². The highest BCUT2D eigenvalue weighted by molar-refractivity contribution is 5.91. The first-order valence-corrected chi connectivity index (χ1v) is 9.40. The Balaban J connectivity index is 1.64. The topological polar surface area (TPSA) is 79.6 Å². The second-order valence-corrected chi connectivity index (χ2v) is 6.84. The van der Waals surface area contributed by atoms with Crippen molar-refractivity contribution in [3.05, 3.63) is 70.7 Å². The summed E-state index contributed by atoms with van der Waals surface area (Å²) in [4.78, 5) is 15.3. The molecule has 152 valence electrons. The van der Waals surface area contributed by atoms with Crippen LogP contribution in [0.2, 0.25) is 0 Å². The monoisotopic (exact) mass is 401 g/mol. The first kappa shape index (κ1) is 20.7. The van der Waals surface area contributed by atoms with Gasteiger partial charge in [-0.1, -0.05) is 12.0 Å². The van der Waals surface area contributed by atoms with Crippen LogP contribution < -0.4 is 10.2 Å². The van der Waals surface area contributed by atoms with Gasteiger partial charge in [-0.15, -0.1) is 6.42 Å². The molecule has 0 aliphatic carbocycles. The van der Waals surface area contributed by atoms with Gasteiger partial charge in [-0.2, -0.15) is 5.10 Å². The molecule has 0 fully saturated rings. The van der Waals surface area contributed by atoms with Crippen LogP contribution in [0.25, 0.3) is 17.4 Å². The number of carbonyl (C=O) groups is 1. The molecule has 3 aromatic rings. The Morgan fingerprint density at radius 2 is 2.13 bits per heavy atom. The van der Waals surface area contributed by atoms with E-state index in [1.165, 1.54) is 6.21 Å². The van der Waals surface area contributed by atoms with Crippen molar-refractivity contribution >= 4 is 18.2 Å². The van der Waals surface area contributed by atoms with Crippen LogP contribution in [0.15, 0.2) is 57.9 Å². The number of aryl methyl sites for hydroxylation is 3. The number of rotatable bonds is 7. The van der Waals surface area contributed by atoms with Gasteiger partial charge in [-0.3, -0.25) is 4.79 Å². The van der Waals surface area contributed by atoms with Crippen LogP contribution in [0.5, 0.6) is 5.75 Å². The van der Waals surface area contributed by atoms with Gasteiger partial charge in [0.25, 0.3) is 5.91 Å². The van der Waals surface area contributed by atoms with Crippen molar-refractivity contribution in [1.82, 2.24) is 10.4 Å².